The summed E-state index contributed by atoms with van der Waals surface area (Å²) in [5.74, 6) is -0.709. The second-order valence-corrected chi connectivity index (χ2v) is 6.91. The number of carbonyl (C=O) groups excluding carboxylic acids is 2. The van der Waals surface area contributed by atoms with Gasteiger partial charge in [0, 0.05) is 36.4 Å². The molecule has 136 valence electrons. The van der Waals surface area contributed by atoms with Gasteiger partial charge in [0.15, 0.2) is 5.13 Å². The minimum atomic E-state index is -0.408. The van der Waals surface area contributed by atoms with Crippen molar-refractivity contribution in [2.75, 3.05) is 11.9 Å². The van der Waals surface area contributed by atoms with E-state index >= 15 is 0 Å². The minimum Gasteiger partial charge on any atom is -0.333 e. The molecule has 0 unspecified atom stereocenters. The van der Waals surface area contributed by atoms with Crippen LogP contribution in [0.3, 0.4) is 0 Å². The number of nitrogens with one attached hydrogen (secondary N) is 2. The third-order valence-electron chi connectivity index (χ3n) is 4.08. The molecule has 0 atom stereocenters. The zero-order valence-electron chi connectivity index (χ0n) is 14.0. The predicted octanol–water partition coefficient (Wildman–Crippen LogP) is 1.07. The zero-order chi connectivity index (χ0) is 18.8. The summed E-state index contributed by atoms with van der Waals surface area (Å²) in [6, 6.07) is 3.13. The summed E-state index contributed by atoms with van der Waals surface area (Å²) in [7, 11) is 0. The lowest BCUT2D eigenvalue weighted by Crippen LogP contribution is -2.38. The van der Waals surface area contributed by atoms with Crippen LogP contribution in [0, 0.1) is 0 Å². The van der Waals surface area contributed by atoms with Gasteiger partial charge in [0.05, 0.1) is 18.4 Å². The Bertz CT molecular complexity index is 1060. The summed E-state index contributed by atoms with van der Waals surface area (Å²) in [6.07, 6.45) is 6.35. The van der Waals surface area contributed by atoms with Crippen LogP contribution < -0.4 is 10.9 Å². The highest BCUT2D eigenvalue weighted by Gasteiger charge is 2.26. The Balaban J connectivity index is 1.49. The first kappa shape index (κ1) is 17.0. The van der Waals surface area contributed by atoms with Crippen molar-refractivity contribution in [3.8, 4) is 0 Å². The molecule has 27 heavy (non-hydrogen) atoms. The Morgan fingerprint density at radius 2 is 2.19 bits per heavy atom. The van der Waals surface area contributed by atoms with Crippen LogP contribution in [-0.4, -0.2) is 43.2 Å². The van der Waals surface area contributed by atoms with Crippen molar-refractivity contribution in [1.29, 1.82) is 0 Å². The van der Waals surface area contributed by atoms with Gasteiger partial charge in [0.2, 0.25) is 0 Å². The van der Waals surface area contributed by atoms with Gasteiger partial charge in [0.1, 0.15) is 11.3 Å². The number of fused-ring (bicyclic) bond motifs is 1. The molecule has 1 aliphatic rings. The number of thiazole rings is 1. The fourth-order valence-corrected chi connectivity index (χ4v) is 3.78. The van der Waals surface area contributed by atoms with E-state index in [0.29, 0.717) is 24.6 Å². The van der Waals surface area contributed by atoms with E-state index in [4.69, 9.17) is 0 Å². The average molecular weight is 382 g/mol. The van der Waals surface area contributed by atoms with Crippen LogP contribution in [0.5, 0.6) is 0 Å². The molecule has 3 aromatic heterocycles. The molecule has 3 aromatic rings. The van der Waals surface area contributed by atoms with E-state index < -0.39 is 11.5 Å². The molecule has 9 nitrogen and oxygen atoms in total. The monoisotopic (exact) mass is 382 g/mol. The van der Waals surface area contributed by atoms with Gasteiger partial charge in [-0.25, -0.2) is 9.97 Å². The zero-order valence-corrected chi connectivity index (χ0v) is 14.8. The highest BCUT2D eigenvalue weighted by atomic mass is 32.1. The molecule has 2 amide bonds. The van der Waals surface area contributed by atoms with Crippen LogP contribution >= 0.6 is 11.3 Å². The Hall–Kier alpha value is -3.40. The highest BCUT2D eigenvalue weighted by Crippen LogP contribution is 2.29. The van der Waals surface area contributed by atoms with Crippen molar-refractivity contribution in [2.45, 2.75) is 13.0 Å². The molecule has 0 saturated heterocycles. The topological polar surface area (TPSA) is 121 Å². The van der Waals surface area contributed by atoms with Crippen LogP contribution in [0.15, 0.2) is 41.7 Å². The number of hydrogen-bond donors (Lipinski definition) is 2. The summed E-state index contributed by atoms with van der Waals surface area (Å²) in [4.78, 5) is 53.9. The second-order valence-electron chi connectivity index (χ2n) is 5.82. The Labute approximate surface area is 157 Å². The van der Waals surface area contributed by atoms with E-state index in [0.717, 1.165) is 10.6 Å². The molecule has 0 fully saturated rings. The molecule has 1 aliphatic heterocycles. The maximum absolute atomic E-state index is 12.6. The number of nitrogens with zero attached hydrogens (tertiary/aromatic N) is 4. The van der Waals surface area contributed by atoms with Gasteiger partial charge in [-0.05, 0) is 12.1 Å². The van der Waals surface area contributed by atoms with Crippen molar-refractivity contribution in [2.24, 2.45) is 0 Å². The van der Waals surface area contributed by atoms with Crippen molar-refractivity contribution in [1.82, 2.24) is 24.8 Å². The molecule has 0 aliphatic carbocycles. The summed E-state index contributed by atoms with van der Waals surface area (Å²) in [5.41, 5.74) is 0.752. The van der Waals surface area contributed by atoms with E-state index in [-0.39, 0.29) is 17.2 Å². The largest absolute Gasteiger partial charge is 0.333 e. The number of H-pyrrole nitrogens is 1. The quantitative estimate of drug-likeness (QED) is 0.699. The molecule has 0 bridgehead atoms. The van der Waals surface area contributed by atoms with E-state index in [1.165, 1.54) is 42.2 Å². The fraction of sp³-hybridized carbons (Fsp3) is 0.176. The number of anilines is 1. The first-order valence-electron chi connectivity index (χ1n) is 8.15. The normalized spacial score (nSPS) is 13.1. The third kappa shape index (κ3) is 3.47. The third-order valence-corrected chi connectivity index (χ3v) is 5.08. The lowest BCUT2D eigenvalue weighted by molar-refractivity contribution is 0.0734. The van der Waals surface area contributed by atoms with Gasteiger partial charge < -0.3 is 9.88 Å². The number of pyridine rings is 1. The van der Waals surface area contributed by atoms with Crippen molar-refractivity contribution >= 4 is 28.3 Å². The number of rotatable bonds is 3. The lowest BCUT2D eigenvalue weighted by Gasteiger charge is -2.25. The first-order chi connectivity index (χ1) is 13.1. The van der Waals surface area contributed by atoms with Crippen LogP contribution in [-0.2, 0) is 13.0 Å². The van der Waals surface area contributed by atoms with E-state index in [1.54, 1.807) is 11.0 Å². The Morgan fingerprint density at radius 3 is 2.96 bits per heavy atom. The van der Waals surface area contributed by atoms with E-state index in [2.05, 4.69) is 25.3 Å². The summed E-state index contributed by atoms with van der Waals surface area (Å²) < 4.78 is 0. The fourth-order valence-electron chi connectivity index (χ4n) is 2.76. The lowest BCUT2D eigenvalue weighted by atomic mass is 10.1. The number of aromatic amines is 1. The number of amides is 2. The van der Waals surface area contributed by atoms with Gasteiger partial charge in [-0.2, -0.15) is 0 Å². The molecule has 0 saturated carbocycles. The van der Waals surface area contributed by atoms with E-state index in [1.807, 2.05) is 0 Å². The number of aromatic nitrogens is 4. The molecule has 0 spiro atoms. The van der Waals surface area contributed by atoms with E-state index in [9.17, 15) is 14.4 Å². The van der Waals surface area contributed by atoms with Crippen LogP contribution in [0.2, 0.25) is 0 Å². The molecular formula is C17H14N6O3S. The van der Waals surface area contributed by atoms with Crippen molar-refractivity contribution in [3.63, 3.8) is 0 Å². The molecular weight excluding hydrogens is 368 g/mol. The number of carbonyl (C=O) groups is 2. The molecule has 4 rings (SSSR count). The van der Waals surface area contributed by atoms with Gasteiger partial charge in [0.25, 0.3) is 17.4 Å². The number of hydrogen-bond acceptors (Lipinski definition) is 7. The molecule has 0 aromatic carbocycles. The van der Waals surface area contributed by atoms with Gasteiger partial charge in [-0.3, -0.25) is 24.7 Å². The molecule has 2 N–H and O–H groups in total. The molecule has 4 heterocycles. The second kappa shape index (κ2) is 7.08. The van der Waals surface area contributed by atoms with Crippen LogP contribution in [0.25, 0.3) is 0 Å². The van der Waals surface area contributed by atoms with Crippen LogP contribution in [0.4, 0.5) is 5.13 Å². The van der Waals surface area contributed by atoms with Crippen molar-refractivity contribution in [3.05, 3.63) is 69.1 Å². The first-order valence-corrected chi connectivity index (χ1v) is 8.96. The molecule has 0 radical (unpaired) electrons. The molecule has 10 heteroatoms. The van der Waals surface area contributed by atoms with Crippen molar-refractivity contribution < 1.29 is 9.59 Å². The minimum absolute atomic E-state index is 0.113. The standard InChI is InChI=1S/C17H14N6O3S/c24-14-10(2-1-4-20-14)16(26)23-7-3-11-13(9-23)27-17(21-11)22-15(25)12-8-18-5-6-19-12/h1-2,4-6,8H,3,7,9H2,(H,20,24)(H,21,22,25). The highest BCUT2D eigenvalue weighted by molar-refractivity contribution is 7.15. The summed E-state index contributed by atoms with van der Waals surface area (Å²) in [6.45, 7) is 0.808. The summed E-state index contributed by atoms with van der Waals surface area (Å²) >= 11 is 1.31. The predicted molar refractivity (Wildman–Crippen MR) is 97.6 cm³/mol. The Kier molecular flexibility index (Phi) is 4.47. The maximum atomic E-state index is 12.6. The van der Waals surface area contributed by atoms with Gasteiger partial charge in [-0.1, -0.05) is 11.3 Å². The van der Waals surface area contributed by atoms with Gasteiger partial charge >= 0.3 is 0 Å². The van der Waals surface area contributed by atoms with Gasteiger partial charge in [-0.15, -0.1) is 0 Å². The average Bonchev–Trinajstić information content (AvgIpc) is 3.10. The summed E-state index contributed by atoms with van der Waals surface area (Å²) in [5, 5.41) is 3.15. The van der Waals surface area contributed by atoms with Crippen LogP contribution in [0.1, 0.15) is 31.4 Å². The smallest absolute Gasteiger partial charge is 0.277 e. The Morgan fingerprint density at radius 1 is 1.30 bits per heavy atom. The maximum Gasteiger partial charge on any atom is 0.277 e. The SMILES string of the molecule is O=C(Nc1nc2c(s1)CN(C(=O)c1ccc[nH]c1=O)CC2)c1cnccn1.